The number of aliphatic hydroxyl groups excluding tert-OH is 1. The number of nitrogens with two attached hydrogens (primary N) is 1. The van der Waals surface area contributed by atoms with Crippen LogP contribution in [-0.4, -0.2) is 26.9 Å². The van der Waals surface area contributed by atoms with Crippen LogP contribution in [0, 0.1) is 0 Å². The van der Waals surface area contributed by atoms with Crippen LogP contribution in [0.1, 0.15) is 31.2 Å². The van der Waals surface area contributed by atoms with Crippen molar-refractivity contribution in [3.8, 4) is 0 Å². The molecule has 1 heterocycles. The number of pyridine rings is 1. The summed E-state index contributed by atoms with van der Waals surface area (Å²) in [6, 6.07) is 3.63. The van der Waals surface area contributed by atoms with E-state index in [4.69, 9.17) is 5.73 Å². The minimum absolute atomic E-state index is 0.371. The predicted molar refractivity (Wildman–Crippen MR) is 61.8 cm³/mol. The van der Waals surface area contributed by atoms with Gasteiger partial charge in [-0.3, -0.25) is 0 Å². The summed E-state index contributed by atoms with van der Waals surface area (Å²) >= 11 is 0. The van der Waals surface area contributed by atoms with Crippen molar-refractivity contribution < 1.29 is 10.2 Å². The van der Waals surface area contributed by atoms with Crippen LogP contribution >= 0.6 is 0 Å². The van der Waals surface area contributed by atoms with Crippen LogP contribution < -0.4 is 5.73 Å². The van der Waals surface area contributed by atoms with Crippen molar-refractivity contribution in [3.63, 3.8) is 0 Å². The number of rotatable bonds is 3. The molecule has 0 spiro atoms. The number of hydrogen-bond acceptors (Lipinski definition) is 4. The smallest absolute Gasteiger partial charge is 0.126 e. The van der Waals surface area contributed by atoms with E-state index >= 15 is 0 Å². The molecule has 0 saturated heterocycles. The van der Waals surface area contributed by atoms with E-state index in [0.29, 0.717) is 25.1 Å². The highest BCUT2D eigenvalue weighted by molar-refractivity contribution is 5.39. The molecule has 1 aromatic heterocycles. The molecule has 0 radical (unpaired) electrons. The second-order valence-electron chi connectivity index (χ2n) is 4.58. The average Bonchev–Trinajstić information content (AvgIpc) is 2.70. The molecule has 1 atom stereocenters. The van der Waals surface area contributed by atoms with Crippen LogP contribution in [0.2, 0.25) is 0 Å². The van der Waals surface area contributed by atoms with Crippen molar-refractivity contribution >= 4 is 5.82 Å². The maximum Gasteiger partial charge on any atom is 0.126 e. The lowest BCUT2D eigenvalue weighted by molar-refractivity contribution is -0.0688. The minimum atomic E-state index is -0.928. The zero-order chi connectivity index (χ0) is 11.6. The van der Waals surface area contributed by atoms with Gasteiger partial charge in [-0.1, -0.05) is 18.9 Å². The highest BCUT2D eigenvalue weighted by Gasteiger charge is 2.38. The van der Waals surface area contributed by atoms with Gasteiger partial charge in [0.15, 0.2) is 0 Å². The number of nitrogen functional groups attached to an aromatic ring is 1. The standard InChI is InChI=1S/C12H18N2O2/c13-11-9(4-3-7-14-11)8-10(15)12(16)5-1-2-6-12/h3-4,7,10,15-16H,1-2,5-6,8H2,(H2,13,14). The minimum Gasteiger partial charge on any atom is -0.390 e. The van der Waals surface area contributed by atoms with Crippen LogP contribution in [-0.2, 0) is 6.42 Å². The Morgan fingerprint density at radius 2 is 2.12 bits per heavy atom. The summed E-state index contributed by atoms with van der Waals surface area (Å²) < 4.78 is 0. The van der Waals surface area contributed by atoms with Crippen molar-refractivity contribution in [3.05, 3.63) is 23.9 Å². The van der Waals surface area contributed by atoms with Crippen molar-refractivity contribution in [1.29, 1.82) is 0 Å². The SMILES string of the molecule is Nc1ncccc1CC(O)C1(O)CCCC1. The fraction of sp³-hybridized carbons (Fsp3) is 0.583. The molecule has 0 aliphatic heterocycles. The summed E-state index contributed by atoms with van der Waals surface area (Å²) in [6.07, 6.45) is 4.56. The lowest BCUT2D eigenvalue weighted by Crippen LogP contribution is -2.41. The summed E-state index contributed by atoms with van der Waals surface area (Å²) in [5, 5.41) is 20.3. The molecule has 1 saturated carbocycles. The molecule has 1 aliphatic carbocycles. The van der Waals surface area contributed by atoms with E-state index in [0.717, 1.165) is 18.4 Å². The Balaban J connectivity index is 2.07. The molecular formula is C12H18N2O2. The Morgan fingerprint density at radius 1 is 1.44 bits per heavy atom. The summed E-state index contributed by atoms with van der Waals surface area (Å²) in [6.45, 7) is 0. The molecule has 0 aromatic carbocycles. The fourth-order valence-corrected chi connectivity index (χ4v) is 2.34. The molecular weight excluding hydrogens is 204 g/mol. The first-order valence-corrected chi connectivity index (χ1v) is 5.72. The van der Waals surface area contributed by atoms with Gasteiger partial charge in [-0.2, -0.15) is 0 Å². The van der Waals surface area contributed by atoms with Crippen molar-refractivity contribution in [2.45, 2.75) is 43.8 Å². The number of aliphatic hydroxyl groups is 2. The Kier molecular flexibility index (Phi) is 3.12. The van der Waals surface area contributed by atoms with Crippen LogP contribution in [0.3, 0.4) is 0 Å². The molecule has 2 rings (SSSR count). The van der Waals surface area contributed by atoms with E-state index in [1.165, 1.54) is 0 Å². The van der Waals surface area contributed by atoms with E-state index < -0.39 is 11.7 Å². The molecule has 1 aromatic rings. The molecule has 88 valence electrons. The van der Waals surface area contributed by atoms with E-state index in [1.54, 1.807) is 12.3 Å². The first-order chi connectivity index (χ1) is 7.62. The fourth-order valence-electron chi connectivity index (χ4n) is 2.34. The first-order valence-electron chi connectivity index (χ1n) is 5.72. The van der Waals surface area contributed by atoms with Gasteiger partial charge < -0.3 is 15.9 Å². The van der Waals surface area contributed by atoms with Crippen LogP contribution in [0.5, 0.6) is 0 Å². The summed E-state index contributed by atoms with van der Waals surface area (Å²) in [5.41, 5.74) is 5.58. The van der Waals surface area contributed by atoms with E-state index in [2.05, 4.69) is 4.98 Å². The van der Waals surface area contributed by atoms with Gasteiger partial charge in [0, 0.05) is 12.6 Å². The van der Waals surface area contributed by atoms with Gasteiger partial charge in [-0.15, -0.1) is 0 Å². The number of nitrogens with zero attached hydrogens (tertiary/aromatic N) is 1. The summed E-state index contributed by atoms with van der Waals surface area (Å²) in [7, 11) is 0. The van der Waals surface area contributed by atoms with Gasteiger partial charge in [0.2, 0.25) is 0 Å². The van der Waals surface area contributed by atoms with Crippen LogP contribution in [0.15, 0.2) is 18.3 Å². The maximum atomic E-state index is 10.2. The third-order valence-corrected chi connectivity index (χ3v) is 3.43. The van der Waals surface area contributed by atoms with Crippen molar-refractivity contribution in [2.75, 3.05) is 5.73 Å². The maximum absolute atomic E-state index is 10.2. The lowest BCUT2D eigenvalue weighted by Gasteiger charge is -2.28. The molecule has 4 heteroatoms. The van der Waals surface area contributed by atoms with E-state index in [1.807, 2.05) is 6.07 Å². The highest BCUT2D eigenvalue weighted by Crippen LogP contribution is 2.34. The van der Waals surface area contributed by atoms with Crippen LogP contribution in [0.25, 0.3) is 0 Å². The average molecular weight is 222 g/mol. The molecule has 1 aliphatic rings. The predicted octanol–water partition coefficient (Wildman–Crippen LogP) is 0.872. The molecule has 4 N–H and O–H groups in total. The quantitative estimate of drug-likeness (QED) is 0.709. The normalized spacial score (nSPS) is 20.9. The Labute approximate surface area is 95.1 Å². The van der Waals surface area contributed by atoms with E-state index in [-0.39, 0.29) is 0 Å². The first kappa shape index (κ1) is 11.4. The third-order valence-electron chi connectivity index (χ3n) is 3.43. The zero-order valence-electron chi connectivity index (χ0n) is 9.26. The van der Waals surface area contributed by atoms with Gasteiger partial charge in [0.25, 0.3) is 0 Å². The topological polar surface area (TPSA) is 79.4 Å². The number of aromatic nitrogens is 1. The monoisotopic (exact) mass is 222 g/mol. The van der Waals surface area contributed by atoms with Gasteiger partial charge >= 0.3 is 0 Å². The molecule has 16 heavy (non-hydrogen) atoms. The van der Waals surface area contributed by atoms with Gasteiger partial charge in [0.1, 0.15) is 5.82 Å². The van der Waals surface area contributed by atoms with Crippen LogP contribution in [0.4, 0.5) is 5.82 Å². The second kappa shape index (κ2) is 4.39. The molecule has 1 fully saturated rings. The summed E-state index contributed by atoms with van der Waals surface area (Å²) in [4.78, 5) is 3.97. The summed E-state index contributed by atoms with van der Waals surface area (Å²) in [5.74, 6) is 0.433. The Bertz CT molecular complexity index is 362. The largest absolute Gasteiger partial charge is 0.390 e. The Morgan fingerprint density at radius 3 is 2.75 bits per heavy atom. The lowest BCUT2D eigenvalue weighted by atomic mass is 9.90. The highest BCUT2D eigenvalue weighted by atomic mass is 16.3. The number of anilines is 1. The van der Waals surface area contributed by atoms with E-state index in [9.17, 15) is 10.2 Å². The van der Waals surface area contributed by atoms with Gasteiger partial charge in [0.05, 0.1) is 11.7 Å². The third kappa shape index (κ3) is 2.18. The molecule has 4 nitrogen and oxygen atoms in total. The second-order valence-corrected chi connectivity index (χ2v) is 4.58. The molecule has 0 bridgehead atoms. The molecule has 0 amide bonds. The van der Waals surface area contributed by atoms with Gasteiger partial charge in [-0.05, 0) is 24.5 Å². The molecule has 1 unspecified atom stereocenters. The van der Waals surface area contributed by atoms with Gasteiger partial charge in [-0.25, -0.2) is 4.98 Å². The van der Waals surface area contributed by atoms with Crippen molar-refractivity contribution in [2.24, 2.45) is 0 Å². The number of hydrogen-bond donors (Lipinski definition) is 3. The Hall–Kier alpha value is -1.13. The van der Waals surface area contributed by atoms with Crippen molar-refractivity contribution in [1.82, 2.24) is 4.98 Å². The zero-order valence-corrected chi connectivity index (χ0v) is 9.26.